The number of benzene rings is 1. The smallest absolute Gasteiger partial charge is 0.290 e. The molecular weight excluding hydrogens is 352 g/mol. The standard InChI is InChI=1S/C22H28N4O2/c1-3-15(2)23-21(27)19-18-10-6-7-12-26(18)20(24-19)22(28)25-13-11-16-8-4-5-9-17(16)14-25/h4-5,8-9,15H,3,6-7,10-14H2,1-2H3,(H,23,27). The van der Waals surface area contributed by atoms with Gasteiger partial charge < -0.3 is 14.8 Å². The molecule has 1 N–H and O–H groups in total. The summed E-state index contributed by atoms with van der Waals surface area (Å²) in [6.45, 7) is 6.07. The zero-order valence-corrected chi connectivity index (χ0v) is 16.7. The minimum atomic E-state index is -0.164. The summed E-state index contributed by atoms with van der Waals surface area (Å²) in [7, 11) is 0. The molecule has 6 heteroatoms. The summed E-state index contributed by atoms with van der Waals surface area (Å²) in [5.41, 5.74) is 3.85. The highest BCUT2D eigenvalue weighted by Crippen LogP contribution is 2.25. The van der Waals surface area contributed by atoms with Gasteiger partial charge in [-0.15, -0.1) is 0 Å². The largest absolute Gasteiger partial charge is 0.348 e. The SMILES string of the molecule is CCC(C)NC(=O)c1nc(C(=O)N2CCc3ccccc3C2)n2c1CCCC2. The third-order valence-corrected chi connectivity index (χ3v) is 5.93. The Bertz CT molecular complexity index is 902. The normalized spacial score (nSPS) is 16.9. The Kier molecular flexibility index (Phi) is 5.20. The van der Waals surface area contributed by atoms with Crippen LogP contribution in [0.2, 0.25) is 0 Å². The second-order valence-corrected chi connectivity index (χ2v) is 7.87. The first-order valence-corrected chi connectivity index (χ1v) is 10.3. The quantitative estimate of drug-likeness (QED) is 0.887. The number of nitrogens with one attached hydrogen (secondary N) is 1. The lowest BCUT2D eigenvalue weighted by Gasteiger charge is -2.29. The number of fused-ring (bicyclic) bond motifs is 2. The van der Waals surface area contributed by atoms with Gasteiger partial charge in [0.1, 0.15) is 5.69 Å². The van der Waals surface area contributed by atoms with Gasteiger partial charge in [0.15, 0.2) is 5.82 Å². The number of aromatic nitrogens is 2. The molecule has 1 aromatic heterocycles. The van der Waals surface area contributed by atoms with E-state index in [0.717, 1.165) is 44.3 Å². The van der Waals surface area contributed by atoms with Crippen LogP contribution < -0.4 is 5.32 Å². The monoisotopic (exact) mass is 380 g/mol. The van der Waals surface area contributed by atoms with Crippen LogP contribution in [-0.4, -0.2) is 38.9 Å². The minimum Gasteiger partial charge on any atom is -0.348 e. The third kappa shape index (κ3) is 3.43. The first kappa shape index (κ1) is 18.7. The van der Waals surface area contributed by atoms with Crippen molar-refractivity contribution in [2.45, 2.75) is 65.1 Å². The van der Waals surface area contributed by atoms with Crippen LogP contribution in [0.4, 0.5) is 0 Å². The molecule has 0 fully saturated rings. The van der Waals surface area contributed by atoms with E-state index in [1.807, 2.05) is 35.4 Å². The van der Waals surface area contributed by atoms with Crippen molar-refractivity contribution in [3.05, 3.63) is 52.6 Å². The van der Waals surface area contributed by atoms with Gasteiger partial charge in [-0.1, -0.05) is 31.2 Å². The van der Waals surface area contributed by atoms with Crippen molar-refractivity contribution < 1.29 is 9.59 Å². The molecule has 1 aromatic carbocycles. The summed E-state index contributed by atoms with van der Waals surface area (Å²) in [5, 5.41) is 3.00. The number of carbonyl (C=O) groups is 2. The van der Waals surface area contributed by atoms with Crippen molar-refractivity contribution in [3.8, 4) is 0 Å². The summed E-state index contributed by atoms with van der Waals surface area (Å²) in [6, 6.07) is 8.36. The second-order valence-electron chi connectivity index (χ2n) is 7.87. The van der Waals surface area contributed by atoms with Gasteiger partial charge in [-0.2, -0.15) is 0 Å². The molecule has 0 saturated carbocycles. The summed E-state index contributed by atoms with van der Waals surface area (Å²) < 4.78 is 1.98. The molecule has 1 unspecified atom stereocenters. The second kappa shape index (κ2) is 7.78. The molecule has 0 radical (unpaired) electrons. The molecule has 2 aromatic rings. The molecule has 2 amide bonds. The average molecular weight is 380 g/mol. The zero-order chi connectivity index (χ0) is 19.7. The fraction of sp³-hybridized carbons (Fsp3) is 0.500. The number of imidazole rings is 1. The molecule has 3 heterocycles. The van der Waals surface area contributed by atoms with Crippen LogP contribution in [0.5, 0.6) is 0 Å². The van der Waals surface area contributed by atoms with Crippen LogP contribution >= 0.6 is 0 Å². The lowest BCUT2D eigenvalue weighted by molar-refractivity contribution is 0.0716. The summed E-state index contributed by atoms with van der Waals surface area (Å²) >= 11 is 0. The maximum atomic E-state index is 13.3. The Morgan fingerprint density at radius 1 is 1.14 bits per heavy atom. The Hall–Kier alpha value is -2.63. The summed E-state index contributed by atoms with van der Waals surface area (Å²) in [5.74, 6) is 0.187. The first-order chi connectivity index (χ1) is 13.6. The van der Waals surface area contributed by atoms with Crippen molar-refractivity contribution in [2.24, 2.45) is 0 Å². The Labute approximate surface area is 165 Å². The lowest BCUT2D eigenvalue weighted by atomic mass is 10.00. The average Bonchev–Trinajstić information content (AvgIpc) is 3.12. The van der Waals surface area contributed by atoms with Crippen molar-refractivity contribution in [2.75, 3.05) is 6.54 Å². The predicted octanol–water partition coefficient (Wildman–Crippen LogP) is 2.95. The molecule has 28 heavy (non-hydrogen) atoms. The van der Waals surface area contributed by atoms with Crippen molar-refractivity contribution in [1.82, 2.24) is 19.8 Å². The van der Waals surface area contributed by atoms with Gasteiger partial charge in [-0.25, -0.2) is 4.98 Å². The van der Waals surface area contributed by atoms with Crippen LogP contribution in [0.15, 0.2) is 24.3 Å². The van der Waals surface area contributed by atoms with E-state index in [4.69, 9.17) is 0 Å². The van der Waals surface area contributed by atoms with E-state index in [9.17, 15) is 9.59 Å². The molecule has 0 saturated heterocycles. The van der Waals surface area contributed by atoms with Gasteiger partial charge >= 0.3 is 0 Å². The highest BCUT2D eigenvalue weighted by Gasteiger charge is 2.31. The van der Waals surface area contributed by atoms with Gasteiger partial charge in [-0.05, 0) is 50.2 Å². The van der Waals surface area contributed by atoms with E-state index >= 15 is 0 Å². The Balaban J connectivity index is 1.62. The highest BCUT2D eigenvalue weighted by molar-refractivity contribution is 5.97. The molecule has 148 valence electrons. The Morgan fingerprint density at radius 3 is 2.71 bits per heavy atom. The third-order valence-electron chi connectivity index (χ3n) is 5.93. The lowest BCUT2D eigenvalue weighted by Crippen LogP contribution is -2.37. The molecule has 6 nitrogen and oxygen atoms in total. The zero-order valence-electron chi connectivity index (χ0n) is 16.7. The number of carbonyl (C=O) groups excluding carboxylic acids is 2. The first-order valence-electron chi connectivity index (χ1n) is 10.3. The number of rotatable bonds is 4. The molecule has 0 aliphatic carbocycles. The van der Waals surface area contributed by atoms with E-state index in [1.165, 1.54) is 11.1 Å². The van der Waals surface area contributed by atoms with Crippen molar-refractivity contribution >= 4 is 11.8 Å². The number of nitrogens with zero attached hydrogens (tertiary/aromatic N) is 3. The van der Waals surface area contributed by atoms with E-state index in [1.54, 1.807) is 0 Å². The van der Waals surface area contributed by atoms with Crippen LogP contribution in [0.25, 0.3) is 0 Å². The van der Waals surface area contributed by atoms with Crippen LogP contribution in [0, 0.1) is 0 Å². The van der Waals surface area contributed by atoms with E-state index in [-0.39, 0.29) is 17.9 Å². The summed E-state index contributed by atoms with van der Waals surface area (Å²) in [4.78, 5) is 32.5. The predicted molar refractivity (Wildman–Crippen MR) is 107 cm³/mol. The number of hydrogen-bond donors (Lipinski definition) is 1. The molecule has 2 aliphatic rings. The maximum Gasteiger partial charge on any atom is 0.290 e. The van der Waals surface area contributed by atoms with E-state index in [2.05, 4.69) is 22.4 Å². The van der Waals surface area contributed by atoms with Gasteiger partial charge in [0.25, 0.3) is 11.8 Å². The topological polar surface area (TPSA) is 67.2 Å². The van der Waals surface area contributed by atoms with Crippen LogP contribution in [0.1, 0.15) is 71.0 Å². The van der Waals surface area contributed by atoms with Crippen LogP contribution in [-0.2, 0) is 25.9 Å². The molecular formula is C22H28N4O2. The van der Waals surface area contributed by atoms with Crippen molar-refractivity contribution in [3.63, 3.8) is 0 Å². The molecule has 4 rings (SSSR count). The molecule has 2 aliphatic heterocycles. The number of hydrogen-bond acceptors (Lipinski definition) is 3. The van der Waals surface area contributed by atoms with Gasteiger partial charge in [0.05, 0.1) is 5.69 Å². The fourth-order valence-corrected chi connectivity index (χ4v) is 4.09. The molecule has 0 bridgehead atoms. The minimum absolute atomic E-state index is 0.0692. The molecule has 0 spiro atoms. The summed E-state index contributed by atoms with van der Waals surface area (Å²) in [6.07, 6.45) is 4.56. The van der Waals surface area contributed by atoms with E-state index in [0.29, 0.717) is 24.6 Å². The maximum absolute atomic E-state index is 13.3. The highest BCUT2D eigenvalue weighted by atomic mass is 16.2. The van der Waals surface area contributed by atoms with Gasteiger partial charge in [0.2, 0.25) is 0 Å². The van der Waals surface area contributed by atoms with E-state index < -0.39 is 0 Å². The fourth-order valence-electron chi connectivity index (χ4n) is 4.09. The Morgan fingerprint density at radius 2 is 1.93 bits per heavy atom. The number of amides is 2. The molecule has 1 atom stereocenters. The van der Waals surface area contributed by atoms with Gasteiger partial charge in [-0.3, -0.25) is 9.59 Å². The van der Waals surface area contributed by atoms with Crippen LogP contribution in [0.3, 0.4) is 0 Å². The van der Waals surface area contributed by atoms with Crippen molar-refractivity contribution in [1.29, 1.82) is 0 Å². The van der Waals surface area contributed by atoms with Gasteiger partial charge in [0, 0.05) is 25.7 Å².